The number of carbonyl (C=O) groups is 4. The molecule has 10 heteroatoms. The maximum atomic E-state index is 13.2. The highest BCUT2D eigenvalue weighted by Gasteiger charge is 2.35. The van der Waals surface area contributed by atoms with Gasteiger partial charge in [0.05, 0.1) is 6.04 Å². The Kier molecular flexibility index (Phi) is 6.75. The van der Waals surface area contributed by atoms with E-state index in [0.29, 0.717) is 19.4 Å². The predicted octanol–water partition coefficient (Wildman–Crippen LogP) is 1.09. The molecular weight excluding hydrogens is 460 g/mol. The predicted molar refractivity (Wildman–Crippen MR) is 136 cm³/mol. The molecule has 0 aliphatic carbocycles. The van der Waals surface area contributed by atoms with Gasteiger partial charge in [-0.3, -0.25) is 29.5 Å². The van der Waals surface area contributed by atoms with Gasteiger partial charge in [-0.05, 0) is 42.2 Å². The first-order chi connectivity index (χ1) is 17.5. The third-order valence-electron chi connectivity index (χ3n) is 6.87. The fraction of sp³-hybridized carbons (Fsp3) is 0.385. The molecule has 0 saturated carbocycles. The molecule has 3 aliphatic heterocycles. The van der Waals surface area contributed by atoms with E-state index in [1.165, 1.54) is 6.34 Å². The minimum atomic E-state index is -0.999. The lowest BCUT2D eigenvalue weighted by molar-refractivity contribution is -0.135. The quantitative estimate of drug-likeness (QED) is 0.537. The van der Waals surface area contributed by atoms with Crippen LogP contribution >= 0.6 is 0 Å². The second-order valence-electron chi connectivity index (χ2n) is 9.32. The largest absolute Gasteiger partial charge is 0.359 e. The molecule has 0 unspecified atom stereocenters. The maximum Gasteiger partial charge on any atom is 0.249 e. The molecule has 10 nitrogen and oxygen atoms in total. The van der Waals surface area contributed by atoms with Crippen molar-refractivity contribution in [2.24, 2.45) is 9.98 Å². The topological polar surface area (TPSA) is 132 Å². The summed E-state index contributed by atoms with van der Waals surface area (Å²) in [4.78, 5) is 60.7. The van der Waals surface area contributed by atoms with Gasteiger partial charge in [-0.15, -0.1) is 0 Å². The van der Waals surface area contributed by atoms with Crippen molar-refractivity contribution in [3.05, 3.63) is 42.5 Å². The van der Waals surface area contributed by atoms with Crippen molar-refractivity contribution in [3.8, 4) is 0 Å². The Hall–Kier alpha value is -4.08. The Morgan fingerprint density at radius 2 is 1.92 bits per heavy atom. The van der Waals surface area contributed by atoms with Gasteiger partial charge in [-0.25, -0.2) is 4.99 Å². The van der Waals surface area contributed by atoms with Crippen LogP contribution in [0.3, 0.4) is 0 Å². The first-order valence-corrected chi connectivity index (χ1v) is 12.2. The number of amides is 4. The molecule has 0 aromatic heterocycles. The summed E-state index contributed by atoms with van der Waals surface area (Å²) in [5.41, 5.74) is 0.928. The molecule has 0 bridgehead atoms. The van der Waals surface area contributed by atoms with Crippen LogP contribution in [-0.2, 0) is 19.2 Å². The molecule has 3 aliphatic rings. The number of imide groups is 1. The van der Waals surface area contributed by atoms with Gasteiger partial charge in [0, 0.05) is 31.3 Å². The Labute approximate surface area is 208 Å². The molecule has 2 saturated heterocycles. The van der Waals surface area contributed by atoms with E-state index in [4.69, 9.17) is 0 Å². The number of benzene rings is 2. The van der Waals surface area contributed by atoms with Crippen LogP contribution in [0.15, 0.2) is 52.4 Å². The standard InChI is InChI=1S/C26H28N6O4/c33-23-10-9-20(29-23)24(34)30-21(13-18-14-27-15-28-18)25(35)31-26(36)22-6-3-11-32(22)19-8-7-16-4-1-2-5-17(16)12-19/h1-2,4-5,7-8,12,14-15,18,20-22H,3,6,9-11,13H2,(H,29,33)(H,30,34)(H,31,35,36)/t18-,20-,21-,22-/m0/s1. The van der Waals surface area contributed by atoms with E-state index in [9.17, 15) is 19.2 Å². The molecule has 186 valence electrons. The number of fused-ring (bicyclic) bond motifs is 1. The molecule has 2 fully saturated rings. The molecule has 0 radical (unpaired) electrons. The van der Waals surface area contributed by atoms with Crippen molar-refractivity contribution in [2.45, 2.75) is 56.3 Å². The first kappa shape index (κ1) is 23.7. The zero-order valence-corrected chi connectivity index (χ0v) is 19.7. The lowest BCUT2D eigenvalue weighted by Crippen LogP contribution is -2.55. The number of anilines is 1. The number of nitrogens with one attached hydrogen (secondary N) is 3. The Bertz CT molecular complexity index is 1250. The van der Waals surface area contributed by atoms with E-state index in [1.807, 2.05) is 41.3 Å². The van der Waals surface area contributed by atoms with Crippen LogP contribution in [0.2, 0.25) is 0 Å². The van der Waals surface area contributed by atoms with Crippen molar-refractivity contribution in [2.75, 3.05) is 11.4 Å². The van der Waals surface area contributed by atoms with Crippen molar-refractivity contribution < 1.29 is 19.2 Å². The van der Waals surface area contributed by atoms with E-state index >= 15 is 0 Å². The molecule has 4 atom stereocenters. The van der Waals surface area contributed by atoms with Gasteiger partial charge in [-0.1, -0.05) is 30.3 Å². The number of hydrogen-bond acceptors (Lipinski definition) is 7. The number of hydrogen-bond donors (Lipinski definition) is 3. The summed E-state index contributed by atoms with van der Waals surface area (Å²) in [6.07, 6.45) is 5.21. The molecule has 36 heavy (non-hydrogen) atoms. The van der Waals surface area contributed by atoms with Gasteiger partial charge in [0.15, 0.2) is 0 Å². The molecule has 3 N–H and O–H groups in total. The third kappa shape index (κ3) is 5.12. The van der Waals surface area contributed by atoms with Crippen LogP contribution in [0.4, 0.5) is 5.69 Å². The smallest absolute Gasteiger partial charge is 0.249 e. The lowest BCUT2D eigenvalue weighted by atomic mass is 10.1. The number of aliphatic imine (C=N–C) groups is 2. The molecule has 3 heterocycles. The minimum Gasteiger partial charge on any atom is -0.359 e. The number of rotatable bonds is 7. The highest BCUT2D eigenvalue weighted by molar-refractivity contribution is 6.03. The second kappa shape index (κ2) is 10.3. The van der Waals surface area contributed by atoms with Crippen LogP contribution in [0, 0.1) is 0 Å². The van der Waals surface area contributed by atoms with Crippen LogP contribution in [0.1, 0.15) is 32.1 Å². The van der Waals surface area contributed by atoms with Crippen molar-refractivity contribution in [1.82, 2.24) is 16.0 Å². The van der Waals surface area contributed by atoms with Crippen molar-refractivity contribution in [3.63, 3.8) is 0 Å². The summed E-state index contributed by atoms with van der Waals surface area (Å²) in [6, 6.07) is 11.5. The van der Waals surface area contributed by atoms with E-state index in [-0.39, 0.29) is 24.8 Å². The van der Waals surface area contributed by atoms with Gasteiger partial charge >= 0.3 is 0 Å². The van der Waals surface area contributed by atoms with Gasteiger partial charge in [0.1, 0.15) is 24.5 Å². The van der Waals surface area contributed by atoms with Crippen LogP contribution in [0.25, 0.3) is 10.8 Å². The van der Waals surface area contributed by atoms with Crippen LogP contribution < -0.4 is 20.9 Å². The highest BCUT2D eigenvalue weighted by atomic mass is 16.2. The van der Waals surface area contributed by atoms with Crippen molar-refractivity contribution >= 4 is 52.6 Å². The molecule has 4 amide bonds. The second-order valence-corrected chi connectivity index (χ2v) is 9.32. The summed E-state index contributed by atoms with van der Waals surface area (Å²) in [5.74, 6) is -1.65. The average Bonchev–Trinajstić information content (AvgIpc) is 3.65. The summed E-state index contributed by atoms with van der Waals surface area (Å²) >= 11 is 0. The monoisotopic (exact) mass is 488 g/mol. The molecule has 2 aromatic rings. The lowest BCUT2D eigenvalue weighted by Gasteiger charge is -2.27. The minimum absolute atomic E-state index is 0.157. The SMILES string of the molecule is O=C1CC[C@@H](C(=O)N[C@@H](C[C@H]2C=NC=N2)C(=O)NC(=O)[C@@H]2CCCN2c2ccc3ccccc3c2)N1. The van der Waals surface area contributed by atoms with Crippen LogP contribution in [-0.4, -0.2) is 66.9 Å². The summed E-state index contributed by atoms with van der Waals surface area (Å²) in [6.45, 7) is 0.708. The third-order valence-corrected chi connectivity index (χ3v) is 6.87. The molecular formula is C26H28N6O4. The Balaban J connectivity index is 1.28. The fourth-order valence-electron chi connectivity index (χ4n) is 4.97. The molecule has 2 aromatic carbocycles. The Morgan fingerprint density at radius 1 is 1.08 bits per heavy atom. The maximum absolute atomic E-state index is 13.2. The Morgan fingerprint density at radius 3 is 2.67 bits per heavy atom. The van der Waals surface area contributed by atoms with Gasteiger partial charge in [0.2, 0.25) is 23.6 Å². The highest BCUT2D eigenvalue weighted by Crippen LogP contribution is 2.29. The van der Waals surface area contributed by atoms with E-state index in [1.54, 1.807) is 6.21 Å². The molecule has 0 spiro atoms. The van der Waals surface area contributed by atoms with Gasteiger partial charge in [-0.2, -0.15) is 0 Å². The summed E-state index contributed by atoms with van der Waals surface area (Å²) in [7, 11) is 0. The zero-order valence-electron chi connectivity index (χ0n) is 19.7. The van der Waals surface area contributed by atoms with E-state index < -0.39 is 35.8 Å². The first-order valence-electron chi connectivity index (χ1n) is 12.2. The normalized spacial score (nSPS) is 23.6. The van der Waals surface area contributed by atoms with Gasteiger partial charge in [0.25, 0.3) is 0 Å². The summed E-state index contributed by atoms with van der Waals surface area (Å²) in [5, 5.41) is 10.0. The van der Waals surface area contributed by atoms with E-state index in [0.717, 1.165) is 22.9 Å². The number of carbonyl (C=O) groups excluding carboxylic acids is 4. The zero-order chi connectivity index (χ0) is 25.1. The molecule has 5 rings (SSSR count). The fourth-order valence-corrected chi connectivity index (χ4v) is 4.97. The summed E-state index contributed by atoms with van der Waals surface area (Å²) < 4.78 is 0. The van der Waals surface area contributed by atoms with Crippen LogP contribution in [0.5, 0.6) is 0 Å². The van der Waals surface area contributed by atoms with E-state index in [2.05, 4.69) is 32.0 Å². The van der Waals surface area contributed by atoms with Crippen molar-refractivity contribution in [1.29, 1.82) is 0 Å². The number of nitrogens with zero attached hydrogens (tertiary/aromatic N) is 3. The average molecular weight is 489 g/mol. The van der Waals surface area contributed by atoms with Gasteiger partial charge < -0.3 is 15.5 Å².